The molecule has 1 heterocycles. The number of guanidine groups is 1. The quantitative estimate of drug-likeness (QED) is 0.0164. The van der Waals surface area contributed by atoms with Crippen LogP contribution in [0.2, 0.25) is 0 Å². The van der Waals surface area contributed by atoms with Crippen LogP contribution in [0.3, 0.4) is 0 Å². The lowest BCUT2D eigenvalue weighted by atomic mass is 9.99. The number of carbonyl (C=O) groups excluding carboxylic acids is 17. The second-order valence-electron chi connectivity index (χ2n) is 29.2. The fourth-order valence-corrected chi connectivity index (χ4v) is 11.6. The van der Waals surface area contributed by atoms with Crippen molar-refractivity contribution in [3.63, 3.8) is 0 Å². The number of nitrogens with zero attached hydrogens (tertiary/aromatic N) is 2. The summed E-state index contributed by atoms with van der Waals surface area (Å²) in [4.78, 5) is 246. The van der Waals surface area contributed by atoms with E-state index in [1.807, 2.05) is 0 Å². The van der Waals surface area contributed by atoms with Crippen molar-refractivity contribution in [2.24, 2.45) is 63.3 Å². The molecule has 1 aromatic carbocycles. The van der Waals surface area contributed by atoms with Crippen molar-refractivity contribution in [2.45, 2.75) is 239 Å². The van der Waals surface area contributed by atoms with Crippen LogP contribution in [0.15, 0.2) is 35.3 Å². The summed E-state index contributed by atoms with van der Waals surface area (Å²) in [5, 5.41) is 52.0. The molecular formula is C71H116N20O20. The number of carboxylic acid groups (broad SMARTS) is 1. The Balaban J connectivity index is 2.40. The van der Waals surface area contributed by atoms with Gasteiger partial charge in [0.15, 0.2) is 5.96 Å². The van der Waals surface area contributed by atoms with Gasteiger partial charge in [0.1, 0.15) is 72.5 Å². The highest BCUT2D eigenvalue weighted by Gasteiger charge is 2.42. The van der Waals surface area contributed by atoms with E-state index in [9.17, 15) is 96.5 Å². The summed E-state index contributed by atoms with van der Waals surface area (Å²) >= 11 is 0. The van der Waals surface area contributed by atoms with Crippen LogP contribution in [0.25, 0.3) is 0 Å². The molecule has 0 aliphatic carbocycles. The van der Waals surface area contributed by atoms with Crippen molar-refractivity contribution in [3.8, 4) is 0 Å². The SMILES string of the molecule is CC(=O)N[C@H](C(=O)N[C@H](C(=O)N[C@@H](CCC(=O)O)C(=O)N[C@@H](CC(C)C)C(=O)N[C@@H](CCC(N)=O)C(=O)NCC(=O)N[C@@H](Cc1ccccc1)C(=O)N[C@H](C(=O)N1CCC[C@H]1C(=O)N[C@@H](CCCN=C(N)N)C(=O)NCC(=O)N[C@H](C(=O)N[C@@H](CC(N)=O)C(=O)N[C@@H](CC(C)C)C(N)=O)C(C)C)C(C)C)C(C)C)[C@@H](C)O. The average molecular weight is 1570 g/mol. The topological polar surface area (TPSA) is 650 Å². The molecule has 0 saturated carbocycles. The van der Waals surface area contributed by atoms with Crippen LogP contribution in [-0.2, 0) is 92.7 Å². The van der Waals surface area contributed by atoms with Gasteiger partial charge in [-0.25, -0.2) is 0 Å². The Labute approximate surface area is 644 Å². The first kappa shape index (κ1) is 96.0. The molecule has 0 aromatic heterocycles. The Kier molecular flexibility index (Phi) is 41.3. The zero-order valence-corrected chi connectivity index (χ0v) is 65.1. The number of likely N-dealkylation sites (tertiary alicyclic amines) is 1. The molecule has 1 aliphatic rings. The summed E-state index contributed by atoms with van der Waals surface area (Å²) in [6, 6.07) is -8.90. The number of benzene rings is 1. The molecule has 1 fully saturated rings. The minimum absolute atomic E-state index is 0.00325. The molecule has 40 nitrogen and oxygen atoms in total. The minimum Gasteiger partial charge on any atom is -0.481 e. The van der Waals surface area contributed by atoms with Gasteiger partial charge in [0.05, 0.1) is 25.6 Å². The molecule has 0 bridgehead atoms. The van der Waals surface area contributed by atoms with Gasteiger partial charge in [0.2, 0.25) is 100 Å². The number of hydrogen-bond donors (Lipinski definition) is 20. The van der Waals surface area contributed by atoms with Gasteiger partial charge >= 0.3 is 5.97 Å². The summed E-state index contributed by atoms with van der Waals surface area (Å²) in [6.45, 7) is 17.0. The standard InChI is InChI=1S/C71H116N20O20/c1-34(2)28-45(59(74)100)85-64(105)48(31-51(73)95)87-67(108)55(36(5)6)88-53(97)33-79-60(101)42(20-16-26-77-71(75)76)83-66(107)49-21-17-27-91(49)70(111)57(38(9)10)90-65(106)47(30-41-18-14-13-15-19-41)81-52(96)32-78-61(102)43(22-24-50(72)94)82-63(104)46(29-35(3)4)86-62(103)44(23-25-54(98)99)84-68(109)56(37(7)8)89-69(110)58(39(11)92)80-40(12)93/h13-15,18-19,34-39,42-49,55-58,92H,16-17,20-33H2,1-12H3,(H2,72,94)(H2,73,95)(H2,74,100)(H,78,102)(H,79,101)(H,80,93)(H,81,96)(H,82,104)(H,83,107)(H,84,109)(H,85,105)(H,86,103)(H,87,108)(H,88,97)(H,89,110)(H,90,106)(H,98,99)(H4,75,76,77)/t39-,42+,43+,44+,45+,46+,47+,48+,49+,55+,56+,57+,58+/m1/s1. The third kappa shape index (κ3) is 35.4. The summed E-state index contributed by atoms with van der Waals surface area (Å²) in [5.41, 5.74) is 27.9. The number of nitrogens with two attached hydrogens (primary N) is 5. The molecule has 0 unspecified atom stereocenters. The molecular weight excluding hydrogens is 1450 g/mol. The van der Waals surface area contributed by atoms with Crippen LogP contribution < -0.4 is 97.8 Å². The molecule has 13 atom stereocenters. The largest absolute Gasteiger partial charge is 0.481 e. The molecule has 620 valence electrons. The number of aliphatic carboxylic acids is 1. The molecule has 1 aliphatic heterocycles. The summed E-state index contributed by atoms with van der Waals surface area (Å²) < 4.78 is 0. The molecule has 40 heteroatoms. The van der Waals surface area contributed by atoms with E-state index in [0.717, 1.165) is 6.92 Å². The lowest BCUT2D eigenvalue weighted by Gasteiger charge is -2.32. The highest BCUT2D eigenvalue weighted by atomic mass is 16.4. The lowest BCUT2D eigenvalue weighted by molar-refractivity contribution is -0.143. The summed E-state index contributed by atoms with van der Waals surface area (Å²) in [6.07, 6.45) is -4.03. The first-order valence-corrected chi connectivity index (χ1v) is 36.8. The number of carbonyl (C=O) groups is 18. The van der Waals surface area contributed by atoms with Crippen molar-refractivity contribution in [1.29, 1.82) is 0 Å². The van der Waals surface area contributed by atoms with Gasteiger partial charge in [0, 0.05) is 39.3 Å². The van der Waals surface area contributed by atoms with Gasteiger partial charge in [-0.3, -0.25) is 91.3 Å². The Hall–Kier alpha value is -11.1. The van der Waals surface area contributed by atoms with Crippen LogP contribution in [0.1, 0.15) is 159 Å². The second-order valence-corrected chi connectivity index (χ2v) is 29.2. The molecule has 17 amide bonds. The van der Waals surface area contributed by atoms with Gasteiger partial charge in [-0.2, -0.15) is 0 Å². The van der Waals surface area contributed by atoms with E-state index in [-0.39, 0.29) is 75.8 Å². The smallest absolute Gasteiger partial charge is 0.303 e. The highest BCUT2D eigenvalue weighted by Crippen LogP contribution is 2.22. The number of rotatable bonds is 49. The van der Waals surface area contributed by atoms with Crippen molar-refractivity contribution >= 4 is 112 Å². The first-order valence-electron chi connectivity index (χ1n) is 36.8. The maximum Gasteiger partial charge on any atom is 0.303 e. The van der Waals surface area contributed by atoms with Crippen molar-refractivity contribution in [2.75, 3.05) is 26.2 Å². The van der Waals surface area contributed by atoms with Gasteiger partial charge in [-0.1, -0.05) is 99.6 Å². The van der Waals surface area contributed by atoms with Crippen molar-refractivity contribution in [3.05, 3.63) is 35.9 Å². The highest BCUT2D eigenvalue weighted by molar-refractivity contribution is 6.01. The van der Waals surface area contributed by atoms with Crippen LogP contribution in [0, 0.1) is 29.6 Å². The van der Waals surface area contributed by atoms with Gasteiger partial charge in [-0.05, 0) is 93.4 Å². The number of amides is 17. The number of aliphatic hydroxyl groups excluding tert-OH is 1. The second kappa shape index (κ2) is 47.8. The maximum absolute atomic E-state index is 14.7. The number of aliphatic imine (C=N–C) groups is 1. The Bertz CT molecular complexity index is 3460. The van der Waals surface area contributed by atoms with Gasteiger partial charge in [-0.15, -0.1) is 0 Å². The Morgan fingerprint density at radius 2 is 0.928 bits per heavy atom. The van der Waals surface area contributed by atoms with Crippen LogP contribution >= 0.6 is 0 Å². The predicted molar refractivity (Wildman–Crippen MR) is 401 cm³/mol. The fourth-order valence-electron chi connectivity index (χ4n) is 11.6. The molecule has 2 rings (SSSR count). The van der Waals surface area contributed by atoms with Crippen molar-refractivity contribution < 1.29 is 96.5 Å². The zero-order chi connectivity index (χ0) is 84.3. The lowest BCUT2D eigenvalue weighted by Crippen LogP contribution is -2.61. The third-order valence-corrected chi connectivity index (χ3v) is 17.4. The monoisotopic (exact) mass is 1570 g/mol. The molecule has 111 heavy (non-hydrogen) atoms. The third-order valence-electron chi connectivity index (χ3n) is 17.4. The van der Waals surface area contributed by atoms with E-state index in [1.165, 1.54) is 25.7 Å². The summed E-state index contributed by atoms with van der Waals surface area (Å²) in [5.74, 6) is -19.6. The average Bonchev–Trinajstić information content (AvgIpc) is 1.75. The summed E-state index contributed by atoms with van der Waals surface area (Å²) in [7, 11) is 0. The minimum atomic E-state index is -1.66. The first-order chi connectivity index (χ1) is 51.8. The maximum atomic E-state index is 14.7. The Morgan fingerprint density at radius 1 is 0.477 bits per heavy atom. The Morgan fingerprint density at radius 3 is 1.43 bits per heavy atom. The van der Waals surface area contributed by atoms with Crippen LogP contribution in [0.5, 0.6) is 0 Å². The van der Waals surface area contributed by atoms with Crippen LogP contribution in [0.4, 0.5) is 0 Å². The number of aliphatic hydroxyl groups is 1. The normalized spacial score (nSPS) is 15.8. The zero-order valence-electron chi connectivity index (χ0n) is 65.1. The predicted octanol–water partition coefficient (Wildman–Crippen LogP) is -6.21. The number of hydrogen-bond acceptors (Lipinski definition) is 20. The molecule has 1 aromatic rings. The molecule has 1 saturated heterocycles. The number of primary amides is 3. The van der Waals surface area contributed by atoms with Crippen molar-refractivity contribution in [1.82, 2.24) is 74.0 Å². The number of carboxylic acids is 1. The van der Waals surface area contributed by atoms with E-state index in [4.69, 9.17) is 28.7 Å². The van der Waals surface area contributed by atoms with E-state index in [0.29, 0.717) is 5.56 Å². The van der Waals surface area contributed by atoms with E-state index in [2.05, 4.69) is 74.1 Å². The van der Waals surface area contributed by atoms with Crippen LogP contribution in [-0.4, -0.2) is 232 Å². The van der Waals surface area contributed by atoms with E-state index >= 15 is 0 Å². The van der Waals surface area contributed by atoms with Gasteiger partial charge < -0.3 is 113 Å². The van der Waals surface area contributed by atoms with E-state index < -0.39 is 248 Å². The van der Waals surface area contributed by atoms with Gasteiger partial charge in [0.25, 0.3) is 0 Å². The fraction of sp³-hybridized carbons (Fsp3) is 0.648. The molecule has 0 radical (unpaired) electrons. The van der Waals surface area contributed by atoms with E-state index in [1.54, 1.807) is 85.7 Å². The molecule has 0 spiro atoms. The number of nitrogens with one attached hydrogen (secondary N) is 13. The molecule has 25 N–H and O–H groups in total.